The molecule has 0 aliphatic carbocycles. The van der Waals surface area contributed by atoms with Gasteiger partial charge in [0.25, 0.3) is 0 Å². The summed E-state index contributed by atoms with van der Waals surface area (Å²) in [5.74, 6) is 0. The summed E-state index contributed by atoms with van der Waals surface area (Å²) in [7, 11) is 0. The largest absolute Gasteiger partial charge is 0.396 e. The van der Waals surface area contributed by atoms with Crippen molar-refractivity contribution in [1.82, 2.24) is 0 Å². The van der Waals surface area contributed by atoms with Crippen molar-refractivity contribution >= 4 is 0 Å². The van der Waals surface area contributed by atoms with E-state index >= 15 is 0 Å². The molecule has 3 N–H and O–H groups in total. The smallest absolute Gasteiger partial charge is 0.0805 e. The summed E-state index contributed by atoms with van der Waals surface area (Å²) in [5, 5.41) is 25.5. The highest BCUT2D eigenvalue weighted by atomic mass is 16.3. The van der Waals surface area contributed by atoms with Gasteiger partial charge < -0.3 is 15.3 Å². The number of rotatable bonds is 4. The highest BCUT2D eigenvalue weighted by Gasteiger charge is 2.09. The molecule has 3 heteroatoms. The van der Waals surface area contributed by atoms with E-state index in [1.165, 1.54) is 0 Å². The zero-order valence-corrected chi connectivity index (χ0v) is 5.12. The maximum absolute atomic E-state index is 8.77. The third-order valence-corrected chi connectivity index (χ3v) is 0.909. The second-order valence-electron chi connectivity index (χ2n) is 1.75. The minimum Gasteiger partial charge on any atom is -0.396 e. The Morgan fingerprint density at radius 2 is 2.00 bits per heavy atom. The van der Waals surface area contributed by atoms with Crippen LogP contribution in [0.2, 0.25) is 0 Å². The van der Waals surface area contributed by atoms with E-state index in [1.807, 2.05) is 0 Å². The van der Waals surface area contributed by atoms with Crippen LogP contribution in [0.5, 0.6) is 0 Å². The van der Waals surface area contributed by atoms with Gasteiger partial charge in [0.15, 0.2) is 0 Å². The Balaban J connectivity index is 3.16. The SMILES string of the molecule is [CH2]C(O)C(O)C[C]CO. The van der Waals surface area contributed by atoms with Crippen molar-refractivity contribution in [1.29, 1.82) is 0 Å². The van der Waals surface area contributed by atoms with Gasteiger partial charge in [0.05, 0.1) is 18.8 Å². The van der Waals surface area contributed by atoms with Gasteiger partial charge in [-0.25, -0.2) is 0 Å². The standard InChI is InChI=1S/C6H11O3/c1-5(8)6(9)3-2-4-7/h5-9H,1,3-4H2. The Labute approximate surface area is 54.9 Å². The maximum Gasteiger partial charge on any atom is 0.0805 e. The summed E-state index contributed by atoms with van der Waals surface area (Å²) in [6.45, 7) is 2.97. The Morgan fingerprint density at radius 1 is 1.44 bits per heavy atom. The van der Waals surface area contributed by atoms with Crippen LogP contribution in [0.25, 0.3) is 0 Å². The predicted octanol–water partition coefficient (Wildman–Crippen LogP) is -0.994. The van der Waals surface area contributed by atoms with Crippen LogP contribution in [-0.4, -0.2) is 34.1 Å². The second-order valence-corrected chi connectivity index (χ2v) is 1.75. The van der Waals surface area contributed by atoms with Crippen molar-refractivity contribution < 1.29 is 15.3 Å². The minimum atomic E-state index is -0.996. The van der Waals surface area contributed by atoms with Crippen LogP contribution in [0.4, 0.5) is 0 Å². The molecule has 0 bridgehead atoms. The van der Waals surface area contributed by atoms with Crippen molar-refractivity contribution in [3.63, 3.8) is 0 Å². The third-order valence-electron chi connectivity index (χ3n) is 0.909. The Hall–Kier alpha value is -0.120. The van der Waals surface area contributed by atoms with Crippen LogP contribution in [0.1, 0.15) is 6.42 Å². The molecule has 3 radical (unpaired) electrons. The van der Waals surface area contributed by atoms with E-state index in [0.29, 0.717) is 0 Å². The fourth-order valence-corrected chi connectivity index (χ4v) is 0.348. The zero-order chi connectivity index (χ0) is 7.28. The molecule has 0 rings (SSSR count). The van der Waals surface area contributed by atoms with Gasteiger partial charge in [-0.15, -0.1) is 0 Å². The lowest BCUT2D eigenvalue weighted by Gasteiger charge is -2.10. The molecule has 53 valence electrons. The van der Waals surface area contributed by atoms with Gasteiger partial charge in [0.2, 0.25) is 0 Å². The van der Waals surface area contributed by atoms with Crippen LogP contribution < -0.4 is 0 Å². The molecular weight excluding hydrogens is 120 g/mol. The summed E-state index contributed by atoms with van der Waals surface area (Å²) in [5.41, 5.74) is 0. The molecule has 9 heavy (non-hydrogen) atoms. The molecule has 0 heterocycles. The molecular formula is C6H11O3. The lowest BCUT2D eigenvalue weighted by Crippen LogP contribution is -2.22. The Morgan fingerprint density at radius 3 is 2.33 bits per heavy atom. The van der Waals surface area contributed by atoms with Crippen LogP contribution in [0.3, 0.4) is 0 Å². The van der Waals surface area contributed by atoms with E-state index in [0.717, 1.165) is 0 Å². The quantitative estimate of drug-likeness (QED) is 0.459. The number of hydrogen-bond acceptors (Lipinski definition) is 3. The van der Waals surface area contributed by atoms with Crippen LogP contribution >= 0.6 is 0 Å². The Bertz CT molecular complexity index is 63.3. The van der Waals surface area contributed by atoms with Crippen molar-refractivity contribution in [2.75, 3.05) is 6.61 Å². The Kier molecular flexibility index (Phi) is 4.67. The molecule has 3 nitrogen and oxygen atoms in total. The summed E-state index contributed by atoms with van der Waals surface area (Å²) >= 11 is 0. The molecule has 0 saturated carbocycles. The summed E-state index contributed by atoms with van der Waals surface area (Å²) in [6, 6.07) is 0. The fraction of sp³-hybridized carbons (Fsp3) is 0.667. The molecule has 0 aromatic rings. The van der Waals surface area contributed by atoms with Gasteiger partial charge >= 0.3 is 0 Å². The van der Waals surface area contributed by atoms with Gasteiger partial charge in [-0.2, -0.15) is 0 Å². The van der Waals surface area contributed by atoms with E-state index in [1.54, 1.807) is 0 Å². The summed E-state index contributed by atoms with van der Waals surface area (Å²) < 4.78 is 0. The maximum atomic E-state index is 8.77. The normalized spacial score (nSPS) is 17.3. The van der Waals surface area contributed by atoms with E-state index in [4.69, 9.17) is 15.3 Å². The highest BCUT2D eigenvalue weighted by molar-refractivity contribution is 4.75. The monoisotopic (exact) mass is 131 g/mol. The first kappa shape index (κ1) is 8.88. The summed E-state index contributed by atoms with van der Waals surface area (Å²) in [4.78, 5) is 0. The third kappa shape index (κ3) is 4.39. The van der Waals surface area contributed by atoms with Crippen molar-refractivity contribution in [2.24, 2.45) is 0 Å². The van der Waals surface area contributed by atoms with E-state index in [2.05, 4.69) is 13.3 Å². The predicted molar refractivity (Wildman–Crippen MR) is 32.3 cm³/mol. The summed E-state index contributed by atoms with van der Waals surface area (Å²) in [6.07, 6.45) is 0.687. The first-order chi connectivity index (χ1) is 4.18. The molecule has 2 unspecified atom stereocenters. The second kappa shape index (κ2) is 4.73. The number of hydrogen-bond donors (Lipinski definition) is 3. The van der Waals surface area contributed by atoms with Crippen molar-refractivity contribution in [3.05, 3.63) is 13.3 Å². The first-order valence-corrected chi connectivity index (χ1v) is 2.69. The average molecular weight is 131 g/mol. The van der Waals surface area contributed by atoms with Crippen molar-refractivity contribution in [2.45, 2.75) is 18.6 Å². The van der Waals surface area contributed by atoms with Gasteiger partial charge in [-0.05, 0) is 13.3 Å². The molecule has 0 aromatic heterocycles. The highest BCUT2D eigenvalue weighted by Crippen LogP contribution is 1.98. The minimum absolute atomic E-state index is 0.154. The molecule has 0 fully saturated rings. The van der Waals surface area contributed by atoms with E-state index in [9.17, 15) is 0 Å². The van der Waals surface area contributed by atoms with Gasteiger partial charge in [0.1, 0.15) is 0 Å². The molecule has 0 aliphatic heterocycles. The lowest BCUT2D eigenvalue weighted by molar-refractivity contribution is 0.0452. The van der Waals surface area contributed by atoms with E-state index in [-0.39, 0.29) is 13.0 Å². The van der Waals surface area contributed by atoms with E-state index < -0.39 is 12.2 Å². The van der Waals surface area contributed by atoms with Crippen LogP contribution in [-0.2, 0) is 0 Å². The molecule has 0 aromatic carbocycles. The molecule has 0 aliphatic rings. The van der Waals surface area contributed by atoms with Gasteiger partial charge in [-0.1, -0.05) is 0 Å². The van der Waals surface area contributed by atoms with Gasteiger partial charge in [0, 0.05) is 6.42 Å². The topological polar surface area (TPSA) is 60.7 Å². The molecule has 0 spiro atoms. The van der Waals surface area contributed by atoms with Crippen LogP contribution in [0.15, 0.2) is 0 Å². The molecule has 0 amide bonds. The van der Waals surface area contributed by atoms with Gasteiger partial charge in [-0.3, -0.25) is 0 Å². The average Bonchev–Trinajstić information content (AvgIpc) is 1.82. The van der Waals surface area contributed by atoms with Crippen molar-refractivity contribution in [3.8, 4) is 0 Å². The zero-order valence-electron chi connectivity index (χ0n) is 5.12. The molecule has 0 saturated heterocycles. The first-order valence-electron chi connectivity index (χ1n) is 2.69. The number of aliphatic hydroxyl groups is 3. The van der Waals surface area contributed by atoms with Crippen LogP contribution in [0, 0.1) is 13.3 Å². The fourth-order valence-electron chi connectivity index (χ4n) is 0.348. The lowest BCUT2D eigenvalue weighted by atomic mass is 10.1. The number of aliphatic hydroxyl groups excluding tert-OH is 3. The molecule has 2 atom stereocenters.